The molecule has 0 spiro atoms. The number of aromatic nitrogens is 1. The molecule has 6 nitrogen and oxygen atoms in total. The van der Waals surface area contributed by atoms with Crippen molar-refractivity contribution in [2.24, 2.45) is 5.73 Å². The monoisotopic (exact) mass is 469 g/mol. The van der Waals surface area contributed by atoms with Crippen LogP contribution in [-0.4, -0.2) is 36.6 Å². The number of fused-ring (bicyclic) bond motifs is 1. The van der Waals surface area contributed by atoms with Gasteiger partial charge in [-0.15, -0.1) is 0 Å². The molecule has 3 aromatic rings. The molecule has 33 heavy (non-hydrogen) atoms. The first-order chi connectivity index (χ1) is 16.0. The Morgan fingerprint density at radius 1 is 1.03 bits per heavy atom. The van der Waals surface area contributed by atoms with Crippen molar-refractivity contribution in [2.75, 3.05) is 20.2 Å². The van der Waals surface area contributed by atoms with E-state index < -0.39 is 0 Å². The Hall–Kier alpha value is -2.83. The minimum atomic E-state index is -0.163. The molecule has 0 unspecified atom stereocenters. The van der Waals surface area contributed by atoms with Crippen LogP contribution in [0.5, 0.6) is 5.75 Å². The molecule has 1 aromatic heterocycles. The van der Waals surface area contributed by atoms with Crippen LogP contribution in [0.2, 0.25) is 5.02 Å². The summed E-state index contributed by atoms with van der Waals surface area (Å²) in [5, 5.41) is 4.43. The summed E-state index contributed by atoms with van der Waals surface area (Å²) in [7, 11) is 1.60. The van der Waals surface area contributed by atoms with Crippen LogP contribution in [0.1, 0.15) is 53.7 Å². The number of amides is 1. The molecular formula is C26H32ClN3O3. The molecule has 2 aromatic carbocycles. The number of ether oxygens (including phenoxy) is 1. The van der Waals surface area contributed by atoms with Gasteiger partial charge in [0.15, 0.2) is 0 Å². The van der Waals surface area contributed by atoms with Gasteiger partial charge < -0.3 is 15.8 Å². The van der Waals surface area contributed by atoms with E-state index in [1.165, 1.54) is 0 Å². The van der Waals surface area contributed by atoms with Crippen molar-refractivity contribution in [3.63, 3.8) is 0 Å². The lowest BCUT2D eigenvalue weighted by Crippen LogP contribution is -2.26. The molecule has 1 heterocycles. The van der Waals surface area contributed by atoms with E-state index in [0.717, 1.165) is 60.8 Å². The molecule has 0 radical (unpaired) electrons. The van der Waals surface area contributed by atoms with Crippen molar-refractivity contribution in [1.82, 2.24) is 9.88 Å². The van der Waals surface area contributed by atoms with Crippen molar-refractivity contribution >= 4 is 34.3 Å². The largest absolute Gasteiger partial charge is 0.497 e. The normalized spacial score (nSPS) is 11.0. The maximum atomic E-state index is 13.3. The Bertz CT molecular complexity index is 1110. The molecule has 3 rings (SSSR count). The van der Waals surface area contributed by atoms with E-state index in [2.05, 4.69) is 5.32 Å². The summed E-state index contributed by atoms with van der Waals surface area (Å²) in [6.45, 7) is 3.25. The molecule has 0 fully saturated rings. The molecule has 0 atom stereocenters. The molecule has 0 bridgehead atoms. The first-order valence-electron chi connectivity index (χ1n) is 11.4. The Labute approximate surface area is 200 Å². The summed E-state index contributed by atoms with van der Waals surface area (Å²) in [6.07, 6.45) is 5.53. The second-order valence-electron chi connectivity index (χ2n) is 8.18. The number of hydrogen-bond donors (Lipinski definition) is 2. The quantitative estimate of drug-likeness (QED) is 0.392. The number of unbranched alkanes of at least 4 members (excludes halogenated alkanes) is 4. The second-order valence-corrected chi connectivity index (χ2v) is 8.61. The molecule has 1 amide bonds. The van der Waals surface area contributed by atoms with Gasteiger partial charge >= 0.3 is 0 Å². The zero-order valence-electron chi connectivity index (χ0n) is 19.3. The summed E-state index contributed by atoms with van der Waals surface area (Å²) in [5.41, 5.74) is 8.36. The van der Waals surface area contributed by atoms with Crippen molar-refractivity contribution in [1.29, 1.82) is 0 Å². The van der Waals surface area contributed by atoms with Crippen molar-refractivity contribution < 1.29 is 14.3 Å². The number of carbonyl (C=O) groups excluding carboxylic acids is 2. The first-order valence-corrected chi connectivity index (χ1v) is 11.8. The fourth-order valence-electron chi connectivity index (χ4n) is 4.05. The molecule has 3 N–H and O–H groups in total. The van der Waals surface area contributed by atoms with Gasteiger partial charge in [-0.25, -0.2) is 0 Å². The number of benzene rings is 2. The van der Waals surface area contributed by atoms with Gasteiger partial charge in [-0.1, -0.05) is 30.9 Å². The van der Waals surface area contributed by atoms with Crippen molar-refractivity contribution in [3.05, 3.63) is 64.3 Å². The minimum absolute atomic E-state index is 0.0548. The Kier molecular flexibility index (Phi) is 8.92. The maximum absolute atomic E-state index is 13.3. The van der Waals surface area contributed by atoms with Crippen LogP contribution in [0.25, 0.3) is 10.9 Å². The summed E-state index contributed by atoms with van der Waals surface area (Å²) in [4.78, 5) is 26.1. The predicted octanol–water partition coefficient (Wildman–Crippen LogP) is 4.87. The van der Waals surface area contributed by atoms with E-state index in [0.29, 0.717) is 22.9 Å². The van der Waals surface area contributed by atoms with Crippen LogP contribution >= 0.6 is 11.6 Å². The van der Waals surface area contributed by atoms with Gasteiger partial charge in [0.1, 0.15) is 5.75 Å². The number of methoxy groups -OCH3 is 1. The molecular weight excluding hydrogens is 438 g/mol. The van der Waals surface area contributed by atoms with Crippen LogP contribution < -0.4 is 15.8 Å². The highest BCUT2D eigenvalue weighted by Gasteiger charge is 2.22. The van der Waals surface area contributed by atoms with E-state index in [4.69, 9.17) is 22.1 Å². The molecule has 0 aliphatic rings. The fourth-order valence-corrected chi connectivity index (χ4v) is 4.17. The number of nitrogens with zero attached hydrogens (tertiary/aromatic N) is 1. The SMILES string of the molecule is COc1ccc2c(c1)c(CC(=O)NCCCCCCCN)c(C)n2C(=O)c1ccc(Cl)cc1. The van der Waals surface area contributed by atoms with Crippen molar-refractivity contribution in [3.8, 4) is 5.75 Å². The van der Waals surface area contributed by atoms with Gasteiger partial charge in [0.2, 0.25) is 5.91 Å². The lowest BCUT2D eigenvalue weighted by Gasteiger charge is -2.08. The smallest absolute Gasteiger partial charge is 0.262 e. The lowest BCUT2D eigenvalue weighted by molar-refractivity contribution is -0.120. The zero-order valence-corrected chi connectivity index (χ0v) is 20.1. The lowest BCUT2D eigenvalue weighted by atomic mass is 10.1. The highest BCUT2D eigenvalue weighted by Crippen LogP contribution is 2.30. The predicted molar refractivity (Wildman–Crippen MR) is 133 cm³/mol. The van der Waals surface area contributed by atoms with Gasteiger partial charge in [-0.05, 0) is 74.3 Å². The zero-order chi connectivity index (χ0) is 23.8. The summed E-state index contributed by atoms with van der Waals surface area (Å²) in [6, 6.07) is 12.4. The third-order valence-electron chi connectivity index (χ3n) is 5.88. The number of hydrogen-bond acceptors (Lipinski definition) is 4. The van der Waals surface area contributed by atoms with E-state index in [9.17, 15) is 9.59 Å². The van der Waals surface area contributed by atoms with E-state index >= 15 is 0 Å². The number of nitrogens with two attached hydrogens (primary N) is 1. The van der Waals surface area contributed by atoms with E-state index in [1.54, 1.807) is 35.9 Å². The molecule has 0 aliphatic carbocycles. The molecule has 0 saturated carbocycles. The number of halogens is 1. The number of nitrogens with one attached hydrogen (secondary N) is 1. The first kappa shape index (κ1) is 24.8. The van der Waals surface area contributed by atoms with Gasteiger partial charge in [-0.2, -0.15) is 0 Å². The van der Waals surface area contributed by atoms with E-state index in [-0.39, 0.29) is 18.2 Å². The summed E-state index contributed by atoms with van der Waals surface area (Å²) >= 11 is 5.99. The third-order valence-corrected chi connectivity index (χ3v) is 6.13. The standard InChI is InChI=1S/C26H32ClN3O3/c1-18-22(17-25(31)29-15-7-5-3-4-6-14-28)23-16-21(33-2)12-13-24(23)30(18)26(32)19-8-10-20(27)11-9-19/h8-13,16H,3-7,14-15,17,28H2,1-2H3,(H,29,31). The van der Waals surface area contributed by atoms with E-state index in [1.807, 2.05) is 25.1 Å². The maximum Gasteiger partial charge on any atom is 0.262 e. The highest BCUT2D eigenvalue weighted by atomic mass is 35.5. The van der Waals surface area contributed by atoms with Gasteiger partial charge in [-0.3, -0.25) is 14.2 Å². The average Bonchev–Trinajstić information content (AvgIpc) is 3.08. The molecule has 0 aliphatic heterocycles. The highest BCUT2D eigenvalue weighted by molar-refractivity contribution is 6.30. The molecule has 7 heteroatoms. The summed E-state index contributed by atoms with van der Waals surface area (Å²) < 4.78 is 7.06. The van der Waals surface area contributed by atoms with Crippen LogP contribution in [0.15, 0.2) is 42.5 Å². The topological polar surface area (TPSA) is 86.3 Å². The minimum Gasteiger partial charge on any atom is -0.497 e. The van der Waals surface area contributed by atoms with Crippen LogP contribution in [0.3, 0.4) is 0 Å². The van der Waals surface area contributed by atoms with Gasteiger partial charge in [0.05, 0.1) is 19.0 Å². The second kappa shape index (κ2) is 11.9. The Balaban J connectivity index is 1.81. The number of rotatable bonds is 11. The van der Waals surface area contributed by atoms with Gasteiger partial charge in [0.25, 0.3) is 5.91 Å². The molecule has 176 valence electrons. The third kappa shape index (κ3) is 6.15. The average molecular weight is 470 g/mol. The Morgan fingerprint density at radius 2 is 1.73 bits per heavy atom. The molecule has 0 saturated heterocycles. The van der Waals surface area contributed by atoms with Crippen LogP contribution in [0.4, 0.5) is 0 Å². The van der Waals surface area contributed by atoms with Crippen LogP contribution in [-0.2, 0) is 11.2 Å². The fraction of sp³-hybridized carbons (Fsp3) is 0.385. The summed E-state index contributed by atoms with van der Waals surface area (Å²) in [5.74, 6) is 0.460. The van der Waals surface area contributed by atoms with Gasteiger partial charge in [0, 0.05) is 28.2 Å². The number of carbonyl (C=O) groups is 2. The van der Waals surface area contributed by atoms with Crippen molar-refractivity contribution in [2.45, 2.75) is 45.4 Å². The Morgan fingerprint density at radius 3 is 2.42 bits per heavy atom. The van der Waals surface area contributed by atoms with Crippen LogP contribution in [0, 0.1) is 6.92 Å².